The standard InChI is InChI=1S/C56H45BN2/c1-2-11-38(12-3-1)58-49-18-9-8-17-47(49)57-48-32-31-46-52(41-14-5-7-16-44(41)56(46)36-25-26-37(56)28-27-36)54(48)59(51-20-10-19-50(58)53(51)57)39-29-30-45-42(33-39)40-13-4-6-15-43(40)55(45)34-21-22-35(55)24-23-34/h1-20,29-37H,21-28H2. The third kappa shape index (κ3) is 3.60. The molecule has 4 bridgehead atoms. The van der Waals surface area contributed by atoms with E-state index in [1.807, 2.05) is 0 Å². The normalized spacial score (nSPS) is 27.5. The van der Waals surface area contributed by atoms with Crippen LogP contribution in [0.3, 0.4) is 0 Å². The first-order chi connectivity index (χ1) is 29.3. The molecule has 0 amide bonds. The zero-order chi connectivity index (χ0) is 38.2. The van der Waals surface area contributed by atoms with Crippen LogP contribution in [-0.2, 0) is 10.8 Å². The van der Waals surface area contributed by atoms with Crippen LogP contribution < -0.4 is 26.2 Å². The summed E-state index contributed by atoms with van der Waals surface area (Å²) in [6, 6.07) is 59.6. The number of hydrogen-bond acceptors (Lipinski definition) is 2. The molecule has 8 aliphatic rings. The molecule has 7 aromatic rings. The van der Waals surface area contributed by atoms with Crippen LogP contribution in [0.4, 0.5) is 34.1 Å². The Kier molecular flexibility index (Phi) is 6.02. The summed E-state index contributed by atoms with van der Waals surface area (Å²) in [5.41, 5.74) is 24.7. The van der Waals surface area contributed by atoms with Crippen molar-refractivity contribution in [2.75, 3.05) is 9.80 Å². The molecule has 3 heteroatoms. The van der Waals surface area contributed by atoms with Crippen molar-refractivity contribution in [3.05, 3.63) is 174 Å². The molecule has 0 atom stereocenters. The molecule has 4 saturated carbocycles. The van der Waals surface area contributed by atoms with E-state index in [0.29, 0.717) is 11.8 Å². The molecule has 2 spiro atoms. The molecule has 0 saturated heterocycles. The fraction of sp³-hybridized carbons (Fsp3) is 0.250. The van der Waals surface area contributed by atoms with E-state index in [1.54, 1.807) is 22.3 Å². The highest BCUT2D eigenvalue weighted by molar-refractivity contribution is 7.00. The highest BCUT2D eigenvalue weighted by Crippen LogP contribution is 2.70. The van der Waals surface area contributed by atoms with E-state index < -0.39 is 0 Å². The van der Waals surface area contributed by atoms with Crippen LogP contribution >= 0.6 is 0 Å². The third-order valence-electron chi connectivity index (χ3n) is 17.6. The topological polar surface area (TPSA) is 6.48 Å². The molecule has 0 unspecified atom stereocenters. The van der Waals surface area contributed by atoms with Crippen LogP contribution in [0, 0.1) is 23.7 Å². The van der Waals surface area contributed by atoms with Gasteiger partial charge in [0.25, 0.3) is 6.71 Å². The summed E-state index contributed by atoms with van der Waals surface area (Å²) in [5.74, 6) is 2.93. The lowest BCUT2D eigenvalue weighted by molar-refractivity contribution is 0.400. The van der Waals surface area contributed by atoms with E-state index in [2.05, 4.69) is 161 Å². The number of fused-ring (bicyclic) bond motifs is 11. The molecule has 59 heavy (non-hydrogen) atoms. The average Bonchev–Trinajstić information content (AvgIpc) is 4.15. The molecule has 2 nitrogen and oxygen atoms in total. The summed E-state index contributed by atoms with van der Waals surface area (Å²) in [5, 5.41) is 0. The Morgan fingerprint density at radius 2 is 0.932 bits per heavy atom. The molecule has 0 radical (unpaired) electrons. The maximum Gasteiger partial charge on any atom is 0.252 e. The van der Waals surface area contributed by atoms with Crippen LogP contribution in [0.2, 0.25) is 0 Å². The molecule has 2 heterocycles. The van der Waals surface area contributed by atoms with Crippen molar-refractivity contribution in [3.8, 4) is 22.3 Å². The molecule has 4 fully saturated rings. The minimum Gasteiger partial charge on any atom is -0.311 e. The lowest BCUT2D eigenvalue weighted by Crippen LogP contribution is -2.61. The van der Waals surface area contributed by atoms with Crippen LogP contribution in [0.1, 0.15) is 73.6 Å². The van der Waals surface area contributed by atoms with Crippen LogP contribution in [0.15, 0.2) is 152 Å². The zero-order valence-electron chi connectivity index (χ0n) is 33.4. The molecule has 15 rings (SSSR count). The van der Waals surface area contributed by atoms with Gasteiger partial charge in [-0.05, 0) is 173 Å². The van der Waals surface area contributed by atoms with Gasteiger partial charge in [0.05, 0.1) is 0 Å². The largest absolute Gasteiger partial charge is 0.311 e. The minimum absolute atomic E-state index is 0.116. The van der Waals surface area contributed by atoms with Gasteiger partial charge in [-0.15, -0.1) is 0 Å². The van der Waals surface area contributed by atoms with Crippen molar-refractivity contribution < 1.29 is 0 Å². The van der Waals surface area contributed by atoms with E-state index >= 15 is 0 Å². The summed E-state index contributed by atoms with van der Waals surface area (Å²) < 4.78 is 0. The first kappa shape index (κ1) is 32.1. The van der Waals surface area contributed by atoms with Crippen molar-refractivity contribution >= 4 is 57.2 Å². The van der Waals surface area contributed by atoms with Gasteiger partial charge < -0.3 is 9.80 Å². The maximum absolute atomic E-state index is 2.75. The molecule has 2 aliphatic heterocycles. The number of para-hydroxylation sites is 2. The Morgan fingerprint density at radius 3 is 1.66 bits per heavy atom. The monoisotopic (exact) mass is 756 g/mol. The van der Waals surface area contributed by atoms with E-state index in [0.717, 1.165) is 11.8 Å². The van der Waals surface area contributed by atoms with Gasteiger partial charge >= 0.3 is 0 Å². The molecule has 0 aromatic heterocycles. The number of hydrogen-bond donors (Lipinski definition) is 0. The fourth-order valence-electron chi connectivity index (χ4n) is 15.8. The lowest BCUT2D eigenvalue weighted by atomic mass is 9.33. The van der Waals surface area contributed by atoms with Gasteiger partial charge in [0.15, 0.2) is 0 Å². The SMILES string of the molecule is c1ccc(N2c3ccccc3B3c4ccc5c(c4N(c4ccc6c(c4)-c4ccccc4C64C6CCC4CC6)c4cccc2c43)-c2ccccc2C52C3CCC2CC3)cc1. The second-order valence-electron chi connectivity index (χ2n) is 19.3. The second kappa shape index (κ2) is 11.1. The summed E-state index contributed by atoms with van der Waals surface area (Å²) >= 11 is 0. The average molecular weight is 757 g/mol. The number of anilines is 6. The predicted octanol–water partition coefficient (Wildman–Crippen LogP) is 11.9. The van der Waals surface area contributed by atoms with Gasteiger partial charge in [-0.2, -0.15) is 0 Å². The van der Waals surface area contributed by atoms with E-state index in [9.17, 15) is 0 Å². The fourth-order valence-corrected chi connectivity index (χ4v) is 15.8. The van der Waals surface area contributed by atoms with Gasteiger partial charge in [-0.1, -0.05) is 109 Å². The van der Waals surface area contributed by atoms with Gasteiger partial charge in [0.2, 0.25) is 0 Å². The van der Waals surface area contributed by atoms with Crippen molar-refractivity contribution in [1.82, 2.24) is 0 Å². The Bertz CT molecular complexity index is 2940. The number of benzene rings is 7. The van der Waals surface area contributed by atoms with Gasteiger partial charge in [-0.3, -0.25) is 0 Å². The Hall–Kier alpha value is -5.80. The summed E-state index contributed by atoms with van der Waals surface area (Å²) in [4.78, 5) is 5.28. The first-order valence-corrected chi connectivity index (χ1v) is 22.7. The lowest BCUT2D eigenvalue weighted by Gasteiger charge is -2.45. The van der Waals surface area contributed by atoms with Crippen molar-refractivity contribution in [2.45, 2.75) is 62.2 Å². The van der Waals surface area contributed by atoms with Crippen LogP contribution in [-0.4, -0.2) is 6.71 Å². The molecule has 0 N–H and O–H groups in total. The van der Waals surface area contributed by atoms with E-state index in [1.165, 1.54) is 124 Å². The molecular weight excluding hydrogens is 711 g/mol. The molecule has 7 aromatic carbocycles. The molecule has 6 aliphatic carbocycles. The third-order valence-corrected chi connectivity index (χ3v) is 17.6. The van der Waals surface area contributed by atoms with Gasteiger partial charge in [0, 0.05) is 50.5 Å². The number of nitrogens with zero attached hydrogens (tertiary/aromatic N) is 2. The van der Waals surface area contributed by atoms with Crippen LogP contribution in [0.5, 0.6) is 0 Å². The van der Waals surface area contributed by atoms with Crippen LogP contribution in [0.25, 0.3) is 22.3 Å². The second-order valence-corrected chi connectivity index (χ2v) is 19.3. The predicted molar refractivity (Wildman–Crippen MR) is 244 cm³/mol. The Morgan fingerprint density at radius 1 is 0.390 bits per heavy atom. The summed E-state index contributed by atoms with van der Waals surface area (Å²) in [7, 11) is 0. The zero-order valence-corrected chi connectivity index (χ0v) is 33.4. The quantitative estimate of drug-likeness (QED) is 0.162. The molecular formula is C56H45BN2. The Balaban J connectivity index is 1.05. The summed E-state index contributed by atoms with van der Waals surface area (Å²) in [6.07, 6.45) is 10.9. The Labute approximate surface area is 347 Å². The van der Waals surface area contributed by atoms with Crippen molar-refractivity contribution in [1.29, 1.82) is 0 Å². The number of rotatable bonds is 2. The van der Waals surface area contributed by atoms with Crippen molar-refractivity contribution in [3.63, 3.8) is 0 Å². The highest BCUT2D eigenvalue weighted by atomic mass is 15.2. The smallest absolute Gasteiger partial charge is 0.252 e. The summed E-state index contributed by atoms with van der Waals surface area (Å²) in [6.45, 7) is 0.116. The van der Waals surface area contributed by atoms with Crippen molar-refractivity contribution in [2.24, 2.45) is 23.7 Å². The highest BCUT2D eigenvalue weighted by Gasteiger charge is 2.62. The van der Waals surface area contributed by atoms with E-state index in [4.69, 9.17) is 0 Å². The molecule has 282 valence electrons. The maximum atomic E-state index is 2.75. The van der Waals surface area contributed by atoms with Gasteiger partial charge in [-0.25, -0.2) is 0 Å². The minimum atomic E-state index is 0.116. The van der Waals surface area contributed by atoms with Gasteiger partial charge in [0.1, 0.15) is 0 Å². The first-order valence-electron chi connectivity index (χ1n) is 22.7. The van der Waals surface area contributed by atoms with E-state index in [-0.39, 0.29) is 17.5 Å².